The summed E-state index contributed by atoms with van der Waals surface area (Å²) in [5.41, 5.74) is -1.03. The maximum Gasteiger partial charge on any atom is 0.416 e. The third-order valence-corrected chi connectivity index (χ3v) is 6.26. The predicted molar refractivity (Wildman–Crippen MR) is 122 cm³/mol. The van der Waals surface area contributed by atoms with Crippen molar-refractivity contribution >= 4 is 11.8 Å². The first-order valence-electron chi connectivity index (χ1n) is 11.7. The Kier molecular flexibility index (Phi) is 8.10. The number of carbonyl (C=O) groups is 2. The molecule has 0 saturated carbocycles. The van der Waals surface area contributed by atoms with Crippen LogP contribution in [0.3, 0.4) is 0 Å². The van der Waals surface area contributed by atoms with Crippen LogP contribution < -0.4 is 4.74 Å². The monoisotopic (exact) mass is 509 g/mol. The van der Waals surface area contributed by atoms with E-state index in [2.05, 4.69) is 0 Å². The molecule has 2 aromatic rings. The number of amides is 2. The Labute approximate surface area is 206 Å². The highest BCUT2D eigenvalue weighted by atomic mass is 19.4. The fraction of sp³-hybridized carbons (Fsp3) is 0.440. The largest absolute Gasteiger partial charge is 0.492 e. The molecule has 36 heavy (non-hydrogen) atoms. The summed E-state index contributed by atoms with van der Waals surface area (Å²) in [6.07, 6.45) is -4.58. The van der Waals surface area contributed by atoms with Gasteiger partial charge in [0.25, 0.3) is 5.91 Å². The van der Waals surface area contributed by atoms with E-state index < -0.39 is 23.7 Å². The first-order chi connectivity index (χ1) is 17.2. The van der Waals surface area contributed by atoms with Gasteiger partial charge >= 0.3 is 6.18 Å². The van der Waals surface area contributed by atoms with Gasteiger partial charge in [-0.15, -0.1) is 0 Å². The molecular formula is C25H27F4N3O4. The van der Waals surface area contributed by atoms with Crippen molar-refractivity contribution in [3.8, 4) is 5.75 Å². The number of hydrogen-bond donors (Lipinski definition) is 0. The van der Waals surface area contributed by atoms with E-state index >= 15 is 0 Å². The van der Waals surface area contributed by atoms with Crippen molar-refractivity contribution < 1.29 is 36.6 Å². The summed E-state index contributed by atoms with van der Waals surface area (Å²) in [6.45, 7) is 3.08. The van der Waals surface area contributed by atoms with Crippen LogP contribution in [0.5, 0.6) is 5.75 Å². The number of rotatable bonds is 6. The average Bonchev–Trinajstić information content (AvgIpc) is 2.89. The maximum atomic E-state index is 13.4. The Bertz CT molecular complexity index is 1060. The van der Waals surface area contributed by atoms with E-state index in [1.165, 1.54) is 41.3 Å². The fourth-order valence-corrected chi connectivity index (χ4v) is 4.31. The van der Waals surface area contributed by atoms with Gasteiger partial charge in [0.2, 0.25) is 5.91 Å². The molecule has 1 atom stereocenters. The number of benzene rings is 2. The molecule has 0 radical (unpaired) electrons. The second-order valence-electron chi connectivity index (χ2n) is 8.63. The van der Waals surface area contributed by atoms with Crippen LogP contribution in [0.4, 0.5) is 17.6 Å². The van der Waals surface area contributed by atoms with Gasteiger partial charge < -0.3 is 19.3 Å². The predicted octanol–water partition coefficient (Wildman–Crippen LogP) is 2.91. The summed E-state index contributed by atoms with van der Waals surface area (Å²) >= 11 is 0. The van der Waals surface area contributed by atoms with Crippen molar-refractivity contribution in [1.82, 2.24) is 14.7 Å². The Morgan fingerprint density at radius 3 is 2.42 bits per heavy atom. The molecule has 194 valence electrons. The number of ether oxygens (including phenoxy) is 2. The van der Waals surface area contributed by atoms with Crippen LogP contribution in [-0.4, -0.2) is 91.6 Å². The van der Waals surface area contributed by atoms with Gasteiger partial charge in [-0.05, 0) is 42.5 Å². The van der Waals surface area contributed by atoms with Crippen molar-refractivity contribution in [2.45, 2.75) is 12.2 Å². The van der Waals surface area contributed by atoms with Crippen LogP contribution in [0.1, 0.15) is 15.9 Å². The number of halogens is 4. The highest BCUT2D eigenvalue weighted by Crippen LogP contribution is 2.30. The van der Waals surface area contributed by atoms with Crippen molar-refractivity contribution in [2.75, 3.05) is 59.1 Å². The zero-order valence-corrected chi connectivity index (χ0v) is 19.5. The minimum Gasteiger partial charge on any atom is -0.492 e. The second-order valence-corrected chi connectivity index (χ2v) is 8.63. The van der Waals surface area contributed by atoms with E-state index in [4.69, 9.17) is 9.47 Å². The molecular weight excluding hydrogens is 482 g/mol. The lowest BCUT2D eigenvalue weighted by Crippen LogP contribution is -2.62. The quantitative estimate of drug-likeness (QED) is 0.561. The lowest BCUT2D eigenvalue weighted by atomic mass is 10.1. The summed E-state index contributed by atoms with van der Waals surface area (Å²) in [6, 6.07) is 9.03. The molecule has 0 aromatic heterocycles. The summed E-state index contributed by atoms with van der Waals surface area (Å²) in [5, 5.41) is 0. The van der Waals surface area contributed by atoms with Crippen LogP contribution in [0.2, 0.25) is 0 Å². The molecule has 2 aromatic carbocycles. The van der Waals surface area contributed by atoms with E-state index in [0.29, 0.717) is 45.1 Å². The standard InChI is InChI=1S/C25H27F4N3O4/c26-20-4-6-21(7-5-20)36-15-10-30-8-9-32(22(17-30)24(34)31-11-13-35-14-12-31)23(33)18-2-1-3-19(16-18)25(27,28)29/h1-7,16,22H,8-15,17H2. The topological polar surface area (TPSA) is 62.3 Å². The summed E-state index contributed by atoms with van der Waals surface area (Å²) in [7, 11) is 0. The van der Waals surface area contributed by atoms with Crippen LogP contribution in [0.25, 0.3) is 0 Å². The molecule has 2 heterocycles. The summed E-state index contributed by atoms with van der Waals surface area (Å²) in [5.74, 6) is -0.734. The maximum absolute atomic E-state index is 13.4. The molecule has 11 heteroatoms. The van der Waals surface area contributed by atoms with Crippen molar-refractivity contribution in [3.05, 3.63) is 65.5 Å². The van der Waals surface area contributed by atoms with Gasteiger partial charge in [0, 0.05) is 44.8 Å². The van der Waals surface area contributed by atoms with E-state index in [0.717, 1.165) is 12.1 Å². The minimum atomic E-state index is -4.58. The van der Waals surface area contributed by atoms with Gasteiger partial charge in [0.15, 0.2) is 0 Å². The number of alkyl halides is 3. The van der Waals surface area contributed by atoms with Crippen LogP contribution >= 0.6 is 0 Å². The highest BCUT2D eigenvalue weighted by Gasteiger charge is 2.39. The zero-order valence-electron chi connectivity index (χ0n) is 19.5. The molecule has 2 amide bonds. The number of nitrogens with zero attached hydrogens (tertiary/aromatic N) is 3. The highest BCUT2D eigenvalue weighted by molar-refractivity contribution is 5.98. The summed E-state index contributed by atoms with van der Waals surface area (Å²) < 4.78 is 63.7. The Morgan fingerprint density at radius 1 is 1.00 bits per heavy atom. The van der Waals surface area contributed by atoms with Gasteiger partial charge in [-0.1, -0.05) is 6.07 Å². The van der Waals surface area contributed by atoms with E-state index in [-0.39, 0.29) is 37.0 Å². The van der Waals surface area contributed by atoms with Gasteiger partial charge in [0.05, 0.1) is 18.8 Å². The smallest absolute Gasteiger partial charge is 0.416 e. The first-order valence-corrected chi connectivity index (χ1v) is 11.7. The van der Waals surface area contributed by atoms with Gasteiger partial charge in [0.1, 0.15) is 24.2 Å². The zero-order chi connectivity index (χ0) is 25.7. The molecule has 0 bridgehead atoms. The summed E-state index contributed by atoms with van der Waals surface area (Å²) in [4.78, 5) is 31.7. The number of carbonyl (C=O) groups excluding carboxylic acids is 2. The fourth-order valence-electron chi connectivity index (χ4n) is 4.31. The van der Waals surface area contributed by atoms with E-state index in [9.17, 15) is 27.2 Å². The van der Waals surface area contributed by atoms with E-state index in [1.807, 2.05) is 4.90 Å². The Balaban J connectivity index is 1.47. The normalized spacial score (nSPS) is 19.3. The lowest BCUT2D eigenvalue weighted by Gasteiger charge is -2.43. The average molecular weight is 510 g/mol. The third kappa shape index (κ3) is 6.33. The second kappa shape index (κ2) is 11.3. The molecule has 2 fully saturated rings. The number of hydrogen-bond acceptors (Lipinski definition) is 5. The van der Waals surface area contributed by atoms with Crippen molar-refractivity contribution in [3.63, 3.8) is 0 Å². The van der Waals surface area contributed by atoms with Crippen LogP contribution in [0, 0.1) is 5.82 Å². The molecule has 0 spiro atoms. The van der Waals surface area contributed by atoms with Crippen molar-refractivity contribution in [2.24, 2.45) is 0 Å². The van der Waals surface area contributed by atoms with Gasteiger partial charge in [-0.3, -0.25) is 14.5 Å². The Morgan fingerprint density at radius 2 is 1.72 bits per heavy atom. The van der Waals surface area contributed by atoms with E-state index in [1.54, 1.807) is 4.90 Å². The number of piperazine rings is 1. The molecule has 4 rings (SSSR count). The molecule has 2 aliphatic heterocycles. The lowest BCUT2D eigenvalue weighted by molar-refractivity contribution is -0.142. The van der Waals surface area contributed by atoms with Crippen LogP contribution in [-0.2, 0) is 15.7 Å². The first kappa shape index (κ1) is 25.9. The van der Waals surface area contributed by atoms with Crippen LogP contribution in [0.15, 0.2) is 48.5 Å². The molecule has 7 nitrogen and oxygen atoms in total. The molecule has 2 saturated heterocycles. The molecule has 1 unspecified atom stereocenters. The third-order valence-electron chi connectivity index (χ3n) is 6.26. The van der Waals surface area contributed by atoms with Gasteiger partial charge in [-0.25, -0.2) is 4.39 Å². The Hall–Kier alpha value is -3.18. The minimum absolute atomic E-state index is 0.113. The SMILES string of the molecule is O=C(C1CN(CCOc2ccc(F)cc2)CCN1C(=O)c1cccc(C(F)(F)F)c1)N1CCOCC1. The molecule has 2 aliphatic rings. The molecule has 0 N–H and O–H groups in total. The molecule has 0 aliphatic carbocycles. The van der Waals surface area contributed by atoms with Crippen molar-refractivity contribution in [1.29, 1.82) is 0 Å². The van der Waals surface area contributed by atoms with Gasteiger partial charge in [-0.2, -0.15) is 13.2 Å². The number of morpholine rings is 1.